The lowest BCUT2D eigenvalue weighted by Gasteiger charge is -2.37. The molecule has 0 radical (unpaired) electrons. The molecule has 0 bridgehead atoms. The third-order valence-corrected chi connectivity index (χ3v) is 15.6. The van der Waals surface area contributed by atoms with E-state index in [4.69, 9.17) is 23.4 Å². The van der Waals surface area contributed by atoms with Crippen molar-refractivity contribution in [3.63, 3.8) is 0 Å². The van der Waals surface area contributed by atoms with Crippen LogP contribution < -0.4 is 10.9 Å². The SMILES string of the molecule is COCOC1C[C@H](n2cc(C#CCOCSSC(C)(C)CNC(=O)C(F)(F)F)c3c(=O)[nH]c(N=CN(C)C)nc32)O[C@@H]1CO[Si](C)(C)C(C)(C)C. The van der Waals surface area contributed by atoms with Crippen molar-refractivity contribution in [2.24, 2.45) is 4.99 Å². The molecule has 3 heterocycles. The van der Waals surface area contributed by atoms with Gasteiger partial charge in [0.15, 0.2) is 14.0 Å². The van der Waals surface area contributed by atoms with Crippen molar-refractivity contribution in [3.8, 4) is 11.8 Å². The maximum atomic E-state index is 13.4. The fraction of sp³-hybridized carbons (Fsp3) is 0.688. The summed E-state index contributed by atoms with van der Waals surface area (Å²) in [5, 5.41) is 2.16. The van der Waals surface area contributed by atoms with Gasteiger partial charge < -0.3 is 38.2 Å². The van der Waals surface area contributed by atoms with E-state index in [0.29, 0.717) is 24.2 Å². The first-order valence-electron chi connectivity index (χ1n) is 16.1. The predicted octanol–water partition coefficient (Wildman–Crippen LogP) is 5.41. The van der Waals surface area contributed by atoms with E-state index < -0.39 is 43.0 Å². The highest BCUT2D eigenvalue weighted by Crippen LogP contribution is 2.39. The van der Waals surface area contributed by atoms with E-state index in [-0.39, 0.29) is 48.4 Å². The lowest BCUT2D eigenvalue weighted by atomic mass is 10.2. The summed E-state index contributed by atoms with van der Waals surface area (Å²) in [6.45, 7) is 14.5. The third kappa shape index (κ3) is 12.5. The van der Waals surface area contributed by atoms with Crippen LogP contribution in [0.15, 0.2) is 16.0 Å². The first-order chi connectivity index (χ1) is 23.6. The number of carbonyl (C=O) groups is 1. The normalized spacial score (nSPS) is 18.7. The molecule has 0 aromatic carbocycles. The second-order valence-corrected chi connectivity index (χ2v) is 22.0. The van der Waals surface area contributed by atoms with Crippen molar-refractivity contribution >= 4 is 59.1 Å². The highest BCUT2D eigenvalue weighted by atomic mass is 33.1. The highest BCUT2D eigenvalue weighted by molar-refractivity contribution is 8.77. The molecule has 0 spiro atoms. The minimum atomic E-state index is -4.93. The molecule has 286 valence electrons. The fourth-order valence-electron chi connectivity index (χ4n) is 4.41. The Bertz CT molecular complexity index is 1630. The second kappa shape index (κ2) is 18.0. The Morgan fingerprint density at radius 1 is 1.27 bits per heavy atom. The smallest absolute Gasteiger partial charge is 0.414 e. The molecule has 1 amide bonds. The van der Waals surface area contributed by atoms with Gasteiger partial charge in [-0.15, -0.1) is 0 Å². The topological polar surface area (TPSA) is 142 Å². The van der Waals surface area contributed by atoms with Gasteiger partial charge in [-0.2, -0.15) is 18.2 Å². The fourth-order valence-corrected chi connectivity index (χ4v) is 7.56. The van der Waals surface area contributed by atoms with Crippen molar-refractivity contribution in [1.29, 1.82) is 0 Å². The summed E-state index contributed by atoms with van der Waals surface area (Å²) in [5.74, 6) is 4.26. The van der Waals surface area contributed by atoms with Crippen molar-refractivity contribution in [1.82, 2.24) is 24.8 Å². The molecule has 1 saturated heterocycles. The van der Waals surface area contributed by atoms with E-state index in [1.54, 1.807) is 50.7 Å². The average Bonchev–Trinajstić information content (AvgIpc) is 3.60. The summed E-state index contributed by atoms with van der Waals surface area (Å²) in [7, 11) is 5.61. The van der Waals surface area contributed by atoms with Crippen LogP contribution in [-0.4, -0.2) is 117 Å². The Balaban J connectivity index is 1.80. The molecular formula is C32H49F3N6O7S2Si. The zero-order chi connectivity index (χ0) is 38.2. The summed E-state index contributed by atoms with van der Waals surface area (Å²) < 4.78 is 68.4. The number of H-pyrrole nitrogens is 1. The van der Waals surface area contributed by atoms with Crippen LogP contribution in [0.5, 0.6) is 0 Å². The number of aromatic amines is 1. The number of aliphatic imine (C=N–C) groups is 1. The van der Waals surface area contributed by atoms with Gasteiger partial charge in [0.1, 0.15) is 31.7 Å². The molecule has 0 saturated carbocycles. The maximum absolute atomic E-state index is 13.4. The summed E-state index contributed by atoms with van der Waals surface area (Å²) in [5.41, 5.74) is 0.320. The summed E-state index contributed by atoms with van der Waals surface area (Å²) in [6.07, 6.45) is -2.57. The molecule has 13 nitrogen and oxygen atoms in total. The lowest BCUT2D eigenvalue weighted by molar-refractivity contribution is -0.173. The number of carbonyl (C=O) groups excluding carboxylic acids is 1. The van der Waals surface area contributed by atoms with Crippen LogP contribution in [0.4, 0.5) is 19.1 Å². The van der Waals surface area contributed by atoms with Gasteiger partial charge in [-0.1, -0.05) is 54.2 Å². The van der Waals surface area contributed by atoms with E-state index in [2.05, 4.69) is 60.7 Å². The van der Waals surface area contributed by atoms with Gasteiger partial charge in [0.2, 0.25) is 5.95 Å². The number of aromatic nitrogens is 3. The van der Waals surface area contributed by atoms with Crippen molar-refractivity contribution in [2.45, 2.75) is 88.5 Å². The minimum Gasteiger partial charge on any atom is -0.414 e. The zero-order valence-electron chi connectivity index (χ0n) is 30.7. The Hall–Kier alpha value is -2.57. The molecule has 0 aliphatic carbocycles. The first kappa shape index (κ1) is 42.8. The Labute approximate surface area is 305 Å². The molecular weight excluding hydrogens is 730 g/mol. The van der Waals surface area contributed by atoms with Gasteiger partial charge in [0.05, 0.1) is 30.0 Å². The highest BCUT2D eigenvalue weighted by Gasteiger charge is 2.43. The molecule has 3 atom stereocenters. The van der Waals surface area contributed by atoms with Gasteiger partial charge in [0.25, 0.3) is 5.56 Å². The van der Waals surface area contributed by atoms with Crippen LogP contribution >= 0.6 is 21.6 Å². The van der Waals surface area contributed by atoms with Crippen LogP contribution in [0, 0.1) is 11.8 Å². The van der Waals surface area contributed by atoms with E-state index in [1.807, 2.05) is 5.32 Å². The van der Waals surface area contributed by atoms with Gasteiger partial charge in [-0.25, -0.2) is 4.99 Å². The predicted molar refractivity (Wildman–Crippen MR) is 197 cm³/mol. The van der Waals surface area contributed by atoms with Crippen molar-refractivity contribution in [2.75, 3.05) is 53.7 Å². The monoisotopic (exact) mass is 778 g/mol. The van der Waals surface area contributed by atoms with Crippen LogP contribution in [-0.2, 0) is 28.2 Å². The van der Waals surface area contributed by atoms with Crippen molar-refractivity contribution < 1.29 is 41.3 Å². The van der Waals surface area contributed by atoms with Gasteiger partial charge >= 0.3 is 12.1 Å². The second-order valence-electron chi connectivity index (χ2n) is 14.2. The van der Waals surface area contributed by atoms with Crippen LogP contribution in [0.2, 0.25) is 18.1 Å². The third-order valence-electron chi connectivity index (χ3n) is 8.13. The van der Waals surface area contributed by atoms with E-state index in [1.165, 1.54) is 27.9 Å². The van der Waals surface area contributed by atoms with E-state index >= 15 is 0 Å². The van der Waals surface area contributed by atoms with E-state index in [9.17, 15) is 22.8 Å². The first-order valence-corrected chi connectivity index (χ1v) is 21.4. The number of rotatable bonds is 16. The molecule has 51 heavy (non-hydrogen) atoms. The van der Waals surface area contributed by atoms with E-state index in [0.717, 1.165) is 0 Å². The molecule has 1 aliphatic rings. The number of nitrogens with zero attached hydrogens (tertiary/aromatic N) is 4. The van der Waals surface area contributed by atoms with Gasteiger partial charge in [0, 0.05) is 45.1 Å². The molecule has 1 fully saturated rings. The maximum Gasteiger partial charge on any atom is 0.471 e. The number of halogens is 3. The summed E-state index contributed by atoms with van der Waals surface area (Å²) in [6, 6.07) is 0. The van der Waals surface area contributed by atoms with Crippen LogP contribution in [0.1, 0.15) is 52.8 Å². The summed E-state index contributed by atoms with van der Waals surface area (Å²) in [4.78, 5) is 37.9. The molecule has 2 aromatic rings. The summed E-state index contributed by atoms with van der Waals surface area (Å²) >= 11 is 0. The largest absolute Gasteiger partial charge is 0.471 e. The zero-order valence-corrected chi connectivity index (χ0v) is 33.4. The standard InChI is InChI=1S/C32H49F3N6O7S2Si/c1-30(2,3)51(9,10)47-16-23-22(46-19-44-8)14-24(48-23)41-15-21(25-26(41)38-29(39-27(25)42)37-18-40(6)7)12-11-13-45-20-49-50-31(4,5)17-36-28(43)32(33,34)35/h15,18,22-24H,13-14,16-17,19-20H2,1-10H3,(H,36,43)(H,38,39,42)/t22?,23-,24-/m1/s1. The number of fused-ring (bicyclic) bond motifs is 1. The molecule has 2 aromatic heterocycles. The molecule has 1 unspecified atom stereocenters. The molecule has 19 heteroatoms. The van der Waals surface area contributed by atoms with Crippen LogP contribution in [0.25, 0.3) is 11.0 Å². The Morgan fingerprint density at radius 2 is 1.98 bits per heavy atom. The van der Waals surface area contributed by atoms with Gasteiger partial charge in [-0.05, 0) is 32.0 Å². The lowest BCUT2D eigenvalue weighted by Crippen LogP contribution is -2.44. The quantitative estimate of drug-likeness (QED) is 0.0430. The minimum absolute atomic E-state index is 0.00305. The number of nitrogens with one attached hydrogen (secondary N) is 2. The van der Waals surface area contributed by atoms with Crippen LogP contribution in [0.3, 0.4) is 0 Å². The molecule has 3 rings (SSSR count). The molecule has 1 aliphatic heterocycles. The Kier molecular flexibility index (Phi) is 15.1. The number of ether oxygens (including phenoxy) is 4. The number of amides is 1. The van der Waals surface area contributed by atoms with Gasteiger partial charge in [-0.3, -0.25) is 14.6 Å². The van der Waals surface area contributed by atoms with Crippen molar-refractivity contribution in [3.05, 3.63) is 22.1 Å². The number of methoxy groups -OCH3 is 1. The number of alkyl halides is 3. The average molecular weight is 779 g/mol. The molecule has 2 N–H and O–H groups in total. The number of hydrogen-bond acceptors (Lipinski definition) is 11. The number of hydrogen-bond donors (Lipinski definition) is 2. The Morgan fingerprint density at radius 3 is 2.61 bits per heavy atom.